The minimum atomic E-state index is -0.334. The third-order valence-electron chi connectivity index (χ3n) is 2.22. The molecule has 0 unspecified atom stereocenters. The van der Waals surface area contributed by atoms with Crippen LogP contribution in [0.4, 0.5) is 0 Å². The summed E-state index contributed by atoms with van der Waals surface area (Å²) >= 11 is 0. The highest BCUT2D eigenvalue weighted by atomic mass is 16.5. The Kier molecular flexibility index (Phi) is 4.05. The van der Waals surface area contributed by atoms with Gasteiger partial charge in [0.05, 0.1) is 26.2 Å². The van der Waals surface area contributed by atoms with Gasteiger partial charge < -0.3 is 9.47 Å². The number of rotatable bonds is 4. The zero-order chi connectivity index (χ0) is 12.1. The van der Waals surface area contributed by atoms with Crippen molar-refractivity contribution in [2.75, 3.05) is 14.2 Å². The lowest BCUT2D eigenvalue weighted by Crippen LogP contribution is -2.06. The van der Waals surface area contributed by atoms with Crippen LogP contribution in [0.25, 0.3) is 0 Å². The Bertz CT molecular complexity index is 409. The average molecular weight is 222 g/mol. The van der Waals surface area contributed by atoms with E-state index in [1.165, 1.54) is 21.1 Å². The van der Waals surface area contributed by atoms with Gasteiger partial charge in [-0.25, -0.2) is 0 Å². The molecule has 0 atom stereocenters. The van der Waals surface area contributed by atoms with Crippen LogP contribution >= 0.6 is 0 Å². The molecule has 0 aliphatic rings. The molecule has 1 aromatic rings. The summed E-state index contributed by atoms with van der Waals surface area (Å²) in [5.41, 5.74) is 1.21. The van der Waals surface area contributed by atoms with Crippen molar-refractivity contribution in [2.45, 2.75) is 13.3 Å². The van der Waals surface area contributed by atoms with E-state index in [4.69, 9.17) is 4.74 Å². The van der Waals surface area contributed by atoms with Gasteiger partial charge >= 0.3 is 5.97 Å². The summed E-state index contributed by atoms with van der Waals surface area (Å²) in [4.78, 5) is 22.4. The Morgan fingerprint density at radius 1 is 1.25 bits per heavy atom. The number of carbonyl (C=O) groups is 2. The summed E-state index contributed by atoms with van der Waals surface area (Å²) in [5, 5.41) is 0. The number of benzene rings is 1. The second kappa shape index (κ2) is 5.30. The third kappa shape index (κ3) is 2.82. The molecular formula is C12H14O4. The topological polar surface area (TPSA) is 52.6 Å². The smallest absolute Gasteiger partial charge is 0.309 e. The van der Waals surface area contributed by atoms with Crippen LogP contribution in [0.2, 0.25) is 0 Å². The highest BCUT2D eigenvalue weighted by Crippen LogP contribution is 2.20. The summed E-state index contributed by atoms with van der Waals surface area (Å²) in [7, 11) is 2.83. The first kappa shape index (κ1) is 12.2. The van der Waals surface area contributed by atoms with E-state index in [1.54, 1.807) is 18.2 Å². The summed E-state index contributed by atoms with van der Waals surface area (Å²) in [5.74, 6) is 0.0874. The van der Waals surface area contributed by atoms with E-state index in [0.717, 1.165) is 5.56 Å². The van der Waals surface area contributed by atoms with Gasteiger partial charge in [-0.3, -0.25) is 9.59 Å². The molecule has 0 aromatic heterocycles. The van der Waals surface area contributed by atoms with Gasteiger partial charge in [0.2, 0.25) is 0 Å². The monoisotopic (exact) mass is 222 g/mol. The van der Waals surface area contributed by atoms with Crippen LogP contribution in [0, 0.1) is 0 Å². The molecule has 16 heavy (non-hydrogen) atoms. The fraction of sp³-hybridized carbons (Fsp3) is 0.333. The van der Waals surface area contributed by atoms with Gasteiger partial charge in [0.25, 0.3) is 0 Å². The van der Waals surface area contributed by atoms with Crippen LogP contribution in [0.15, 0.2) is 18.2 Å². The molecule has 1 aromatic carbocycles. The lowest BCUT2D eigenvalue weighted by atomic mass is 10.0. The van der Waals surface area contributed by atoms with Crippen molar-refractivity contribution in [3.63, 3.8) is 0 Å². The zero-order valence-electron chi connectivity index (χ0n) is 9.57. The first-order valence-electron chi connectivity index (χ1n) is 4.83. The van der Waals surface area contributed by atoms with E-state index in [9.17, 15) is 9.59 Å². The van der Waals surface area contributed by atoms with E-state index >= 15 is 0 Å². The molecule has 0 aliphatic carbocycles. The molecule has 0 aliphatic heterocycles. The maximum Gasteiger partial charge on any atom is 0.309 e. The van der Waals surface area contributed by atoms with Gasteiger partial charge in [-0.1, -0.05) is 6.07 Å². The molecule has 4 nitrogen and oxygen atoms in total. The number of methoxy groups -OCH3 is 2. The van der Waals surface area contributed by atoms with Crippen molar-refractivity contribution in [1.29, 1.82) is 0 Å². The fourth-order valence-electron chi connectivity index (χ4n) is 1.38. The largest absolute Gasteiger partial charge is 0.496 e. The van der Waals surface area contributed by atoms with Gasteiger partial charge in [0.15, 0.2) is 5.78 Å². The van der Waals surface area contributed by atoms with E-state index < -0.39 is 0 Å². The van der Waals surface area contributed by atoms with Crippen LogP contribution in [0.3, 0.4) is 0 Å². The molecule has 0 radical (unpaired) electrons. The van der Waals surface area contributed by atoms with E-state index in [0.29, 0.717) is 11.3 Å². The summed E-state index contributed by atoms with van der Waals surface area (Å²) < 4.78 is 9.61. The lowest BCUT2D eigenvalue weighted by molar-refractivity contribution is -0.139. The Hall–Kier alpha value is -1.84. The van der Waals surface area contributed by atoms with Crippen LogP contribution in [0.1, 0.15) is 22.8 Å². The summed E-state index contributed by atoms with van der Waals surface area (Å²) in [6.45, 7) is 1.46. The Morgan fingerprint density at radius 2 is 1.94 bits per heavy atom. The number of Topliss-reactive ketones (excluding diaryl/α,β-unsaturated/α-hetero) is 1. The molecule has 86 valence electrons. The van der Waals surface area contributed by atoms with Crippen molar-refractivity contribution in [3.05, 3.63) is 29.3 Å². The molecule has 0 spiro atoms. The lowest BCUT2D eigenvalue weighted by Gasteiger charge is -2.07. The second-order valence-electron chi connectivity index (χ2n) is 3.34. The van der Waals surface area contributed by atoms with Crippen molar-refractivity contribution in [2.24, 2.45) is 0 Å². The Balaban J connectivity index is 3.02. The fourth-order valence-corrected chi connectivity index (χ4v) is 1.38. The van der Waals surface area contributed by atoms with Crippen molar-refractivity contribution in [1.82, 2.24) is 0 Å². The standard InChI is InChI=1S/C12H14O4/c1-8(13)10-6-9(7-12(14)16-3)4-5-11(10)15-2/h4-6H,7H2,1-3H3. The van der Waals surface area contributed by atoms with Crippen LogP contribution < -0.4 is 4.74 Å². The van der Waals surface area contributed by atoms with Crippen molar-refractivity contribution in [3.8, 4) is 5.75 Å². The number of carbonyl (C=O) groups excluding carboxylic acids is 2. The predicted octanol–water partition coefficient (Wildman–Crippen LogP) is 1.61. The summed E-state index contributed by atoms with van der Waals surface area (Å²) in [6, 6.07) is 5.06. The molecule has 0 N–H and O–H groups in total. The maximum absolute atomic E-state index is 11.3. The maximum atomic E-state index is 11.3. The van der Waals surface area contributed by atoms with Gasteiger partial charge in [-0.2, -0.15) is 0 Å². The Morgan fingerprint density at radius 3 is 2.44 bits per heavy atom. The van der Waals surface area contributed by atoms with Crippen LogP contribution in [-0.4, -0.2) is 26.0 Å². The van der Waals surface area contributed by atoms with Gasteiger partial charge in [-0.05, 0) is 24.6 Å². The van der Waals surface area contributed by atoms with Gasteiger partial charge in [-0.15, -0.1) is 0 Å². The SMILES string of the molecule is COC(=O)Cc1ccc(OC)c(C(C)=O)c1. The molecule has 0 saturated carbocycles. The minimum Gasteiger partial charge on any atom is -0.496 e. The van der Waals surface area contributed by atoms with Crippen LogP contribution in [-0.2, 0) is 16.0 Å². The molecular weight excluding hydrogens is 208 g/mol. The number of hydrogen-bond acceptors (Lipinski definition) is 4. The molecule has 1 rings (SSSR count). The highest BCUT2D eigenvalue weighted by Gasteiger charge is 2.10. The van der Waals surface area contributed by atoms with Gasteiger partial charge in [0, 0.05) is 0 Å². The molecule has 4 heteroatoms. The van der Waals surface area contributed by atoms with Crippen molar-refractivity contribution >= 4 is 11.8 Å². The number of ketones is 1. The van der Waals surface area contributed by atoms with Gasteiger partial charge in [0.1, 0.15) is 5.75 Å². The third-order valence-corrected chi connectivity index (χ3v) is 2.22. The molecule has 0 fully saturated rings. The first-order valence-corrected chi connectivity index (χ1v) is 4.83. The summed E-state index contributed by atoms with van der Waals surface area (Å²) in [6.07, 6.45) is 0.154. The molecule has 0 bridgehead atoms. The van der Waals surface area contributed by atoms with Crippen molar-refractivity contribution < 1.29 is 19.1 Å². The normalized spacial score (nSPS) is 9.69. The number of hydrogen-bond donors (Lipinski definition) is 0. The minimum absolute atomic E-state index is 0.0939. The predicted molar refractivity (Wildman–Crippen MR) is 58.7 cm³/mol. The zero-order valence-corrected chi connectivity index (χ0v) is 9.57. The number of esters is 1. The van der Waals surface area contributed by atoms with E-state index in [2.05, 4.69) is 4.74 Å². The Labute approximate surface area is 94.2 Å². The molecule has 0 amide bonds. The van der Waals surface area contributed by atoms with E-state index in [1.807, 2.05) is 0 Å². The second-order valence-corrected chi connectivity index (χ2v) is 3.34. The molecule has 0 heterocycles. The quantitative estimate of drug-likeness (QED) is 0.573. The number of ether oxygens (including phenoxy) is 2. The van der Waals surface area contributed by atoms with Crippen LogP contribution in [0.5, 0.6) is 5.75 Å². The average Bonchev–Trinajstić information content (AvgIpc) is 2.28. The molecule has 0 saturated heterocycles. The highest BCUT2D eigenvalue weighted by molar-refractivity contribution is 5.97. The van der Waals surface area contributed by atoms with E-state index in [-0.39, 0.29) is 18.2 Å². The first-order chi connectivity index (χ1) is 7.58.